The van der Waals surface area contributed by atoms with Gasteiger partial charge < -0.3 is 10.6 Å². The number of pyridine rings is 1. The van der Waals surface area contributed by atoms with Crippen molar-refractivity contribution in [1.29, 1.82) is 0 Å². The van der Waals surface area contributed by atoms with Crippen molar-refractivity contribution in [3.8, 4) is 0 Å². The SMILES string of the molecule is Clc1ncc(NCc2cccc3c2NCCC3)cc1Br. The molecule has 2 heterocycles. The Morgan fingerprint density at radius 3 is 3.15 bits per heavy atom. The molecule has 20 heavy (non-hydrogen) atoms. The molecule has 2 N–H and O–H groups in total. The Bertz CT molecular complexity index is 631. The van der Waals surface area contributed by atoms with Crippen LogP contribution in [0, 0.1) is 0 Å². The molecule has 1 aromatic carbocycles. The molecule has 0 bridgehead atoms. The standard InChI is InChI=1S/C15H15BrClN3/c16-13-7-12(9-20-15(13)17)19-8-11-4-1-3-10-5-2-6-18-14(10)11/h1,3-4,7,9,18-19H,2,5-6,8H2. The smallest absolute Gasteiger partial charge is 0.143 e. The maximum absolute atomic E-state index is 5.90. The summed E-state index contributed by atoms with van der Waals surface area (Å²) < 4.78 is 0.803. The van der Waals surface area contributed by atoms with Gasteiger partial charge in [0.25, 0.3) is 0 Å². The van der Waals surface area contributed by atoms with E-state index in [1.807, 2.05) is 6.07 Å². The summed E-state index contributed by atoms with van der Waals surface area (Å²) in [6.45, 7) is 1.82. The molecule has 0 aliphatic carbocycles. The van der Waals surface area contributed by atoms with Crippen LogP contribution in [0.5, 0.6) is 0 Å². The number of benzene rings is 1. The van der Waals surface area contributed by atoms with Crippen LogP contribution in [0.15, 0.2) is 34.9 Å². The molecule has 0 unspecified atom stereocenters. The maximum Gasteiger partial charge on any atom is 0.143 e. The second-order valence-electron chi connectivity index (χ2n) is 4.83. The van der Waals surface area contributed by atoms with Gasteiger partial charge in [-0.25, -0.2) is 4.98 Å². The first kappa shape index (κ1) is 13.7. The third kappa shape index (κ3) is 2.91. The van der Waals surface area contributed by atoms with Crippen molar-refractivity contribution in [2.75, 3.05) is 17.2 Å². The number of para-hydroxylation sites is 1. The summed E-state index contributed by atoms with van der Waals surface area (Å²) in [5.74, 6) is 0. The quantitative estimate of drug-likeness (QED) is 0.800. The van der Waals surface area contributed by atoms with E-state index in [9.17, 15) is 0 Å². The molecule has 2 aromatic rings. The van der Waals surface area contributed by atoms with Gasteiger partial charge in [-0.05, 0) is 46.0 Å². The molecule has 5 heteroatoms. The van der Waals surface area contributed by atoms with Crippen molar-refractivity contribution in [1.82, 2.24) is 4.98 Å². The minimum absolute atomic E-state index is 0.481. The van der Waals surface area contributed by atoms with Crippen molar-refractivity contribution in [3.63, 3.8) is 0 Å². The van der Waals surface area contributed by atoms with Gasteiger partial charge in [0, 0.05) is 18.8 Å². The molecule has 0 saturated heterocycles. The van der Waals surface area contributed by atoms with Crippen LogP contribution < -0.4 is 10.6 Å². The zero-order valence-electron chi connectivity index (χ0n) is 10.9. The average Bonchev–Trinajstić information content (AvgIpc) is 2.48. The number of nitrogens with one attached hydrogen (secondary N) is 2. The topological polar surface area (TPSA) is 37.0 Å². The van der Waals surface area contributed by atoms with E-state index in [0.29, 0.717) is 5.15 Å². The maximum atomic E-state index is 5.90. The molecule has 1 aromatic heterocycles. The highest BCUT2D eigenvalue weighted by molar-refractivity contribution is 9.10. The normalized spacial score (nSPS) is 13.5. The van der Waals surface area contributed by atoms with Gasteiger partial charge in [0.1, 0.15) is 5.15 Å². The number of hydrogen-bond acceptors (Lipinski definition) is 3. The van der Waals surface area contributed by atoms with Crippen LogP contribution in [0.1, 0.15) is 17.5 Å². The molecule has 0 spiro atoms. The Morgan fingerprint density at radius 2 is 2.30 bits per heavy atom. The van der Waals surface area contributed by atoms with Gasteiger partial charge in [-0.2, -0.15) is 0 Å². The molecule has 0 saturated carbocycles. The van der Waals surface area contributed by atoms with Crippen molar-refractivity contribution >= 4 is 38.9 Å². The number of anilines is 2. The minimum Gasteiger partial charge on any atom is -0.385 e. The zero-order chi connectivity index (χ0) is 13.9. The fourth-order valence-corrected chi connectivity index (χ4v) is 2.90. The van der Waals surface area contributed by atoms with Crippen molar-refractivity contribution in [2.45, 2.75) is 19.4 Å². The lowest BCUT2D eigenvalue weighted by Crippen LogP contribution is -2.15. The second-order valence-corrected chi connectivity index (χ2v) is 6.04. The Labute approximate surface area is 131 Å². The predicted octanol–water partition coefficient (Wildman–Crippen LogP) is 4.47. The Balaban J connectivity index is 1.76. The van der Waals surface area contributed by atoms with Crippen LogP contribution in [0.2, 0.25) is 5.15 Å². The molecule has 3 nitrogen and oxygen atoms in total. The zero-order valence-corrected chi connectivity index (χ0v) is 13.3. The van der Waals surface area contributed by atoms with Crippen LogP contribution in [0.25, 0.3) is 0 Å². The highest BCUT2D eigenvalue weighted by Gasteiger charge is 2.12. The van der Waals surface area contributed by atoms with E-state index in [4.69, 9.17) is 11.6 Å². The fourth-order valence-electron chi connectivity index (χ4n) is 2.44. The fraction of sp³-hybridized carbons (Fsp3) is 0.267. The molecule has 0 atom stereocenters. The van der Waals surface area contributed by atoms with Crippen molar-refractivity contribution < 1.29 is 0 Å². The Kier molecular flexibility index (Phi) is 4.13. The van der Waals surface area contributed by atoms with Gasteiger partial charge in [-0.3, -0.25) is 0 Å². The summed E-state index contributed by atoms with van der Waals surface area (Å²) in [4.78, 5) is 4.12. The van der Waals surface area contributed by atoms with E-state index in [2.05, 4.69) is 49.7 Å². The van der Waals surface area contributed by atoms with E-state index in [1.54, 1.807) is 6.20 Å². The van der Waals surface area contributed by atoms with Gasteiger partial charge in [0.2, 0.25) is 0 Å². The molecule has 104 valence electrons. The number of nitrogens with zero attached hydrogens (tertiary/aromatic N) is 1. The lowest BCUT2D eigenvalue weighted by molar-refractivity contribution is 0.825. The Hall–Kier alpha value is -1.26. The van der Waals surface area contributed by atoms with Gasteiger partial charge in [0.15, 0.2) is 0 Å². The lowest BCUT2D eigenvalue weighted by Gasteiger charge is -2.21. The third-order valence-corrected chi connectivity index (χ3v) is 4.57. The third-order valence-electron chi connectivity index (χ3n) is 3.44. The first-order valence-corrected chi connectivity index (χ1v) is 7.80. The largest absolute Gasteiger partial charge is 0.385 e. The van der Waals surface area contributed by atoms with Crippen molar-refractivity contribution in [3.05, 3.63) is 51.2 Å². The molecule has 1 aliphatic rings. The summed E-state index contributed by atoms with van der Waals surface area (Å²) in [5, 5.41) is 7.37. The minimum atomic E-state index is 0.481. The highest BCUT2D eigenvalue weighted by atomic mass is 79.9. The number of fused-ring (bicyclic) bond motifs is 1. The predicted molar refractivity (Wildman–Crippen MR) is 87.5 cm³/mol. The van der Waals surface area contributed by atoms with Crippen LogP contribution >= 0.6 is 27.5 Å². The van der Waals surface area contributed by atoms with Gasteiger partial charge in [-0.15, -0.1) is 0 Å². The van der Waals surface area contributed by atoms with E-state index in [0.717, 1.165) is 29.7 Å². The Morgan fingerprint density at radius 1 is 1.40 bits per heavy atom. The number of hydrogen-bond donors (Lipinski definition) is 2. The van der Waals surface area contributed by atoms with Gasteiger partial charge in [-0.1, -0.05) is 29.8 Å². The molecule has 0 fully saturated rings. The van der Waals surface area contributed by atoms with Gasteiger partial charge >= 0.3 is 0 Å². The summed E-state index contributed by atoms with van der Waals surface area (Å²) >= 11 is 9.28. The van der Waals surface area contributed by atoms with E-state index in [1.165, 1.54) is 23.2 Å². The summed E-state index contributed by atoms with van der Waals surface area (Å²) in [6.07, 6.45) is 4.11. The first-order chi connectivity index (χ1) is 9.74. The van der Waals surface area contributed by atoms with Crippen LogP contribution in [-0.4, -0.2) is 11.5 Å². The van der Waals surface area contributed by atoms with Crippen LogP contribution in [0.4, 0.5) is 11.4 Å². The summed E-state index contributed by atoms with van der Waals surface area (Å²) in [5.41, 5.74) is 4.93. The highest BCUT2D eigenvalue weighted by Crippen LogP contribution is 2.27. The monoisotopic (exact) mass is 351 g/mol. The molecular formula is C15H15BrClN3. The lowest BCUT2D eigenvalue weighted by atomic mass is 9.99. The number of aromatic nitrogens is 1. The van der Waals surface area contributed by atoms with E-state index < -0.39 is 0 Å². The molecular weight excluding hydrogens is 338 g/mol. The van der Waals surface area contributed by atoms with E-state index in [-0.39, 0.29) is 0 Å². The number of aryl methyl sites for hydroxylation is 1. The molecule has 1 aliphatic heterocycles. The molecule has 3 rings (SSSR count). The van der Waals surface area contributed by atoms with Crippen LogP contribution in [-0.2, 0) is 13.0 Å². The number of rotatable bonds is 3. The first-order valence-electron chi connectivity index (χ1n) is 6.63. The molecule has 0 amide bonds. The molecule has 0 radical (unpaired) electrons. The summed E-state index contributed by atoms with van der Waals surface area (Å²) in [7, 11) is 0. The second kappa shape index (κ2) is 6.02. The van der Waals surface area contributed by atoms with Crippen molar-refractivity contribution in [2.24, 2.45) is 0 Å². The summed E-state index contributed by atoms with van der Waals surface area (Å²) in [6, 6.07) is 8.42. The number of halogens is 2. The van der Waals surface area contributed by atoms with E-state index >= 15 is 0 Å². The van der Waals surface area contributed by atoms with Crippen LogP contribution in [0.3, 0.4) is 0 Å². The average molecular weight is 353 g/mol. The van der Waals surface area contributed by atoms with Gasteiger partial charge in [0.05, 0.1) is 16.4 Å².